The lowest BCUT2D eigenvalue weighted by Gasteiger charge is -2.16. The predicted octanol–water partition coefficient (Wildman–Crippen LogP) is 3.36. The molecule has 0 saturated heterocycles. The van der Waals surface area contributed by atoms with E-state index >= 15 is 0 Å². The van der Waals surface area contributed by atoms with E-state index in [0.717, 1.165) is 37.2 Å². The quantitative estimate of drug-likeness (QED) is 0.739. The monoisotopic (exact) mass is 204 g/mol. The topological polar surface area (TPSA) is 30.2 Å². The van der Waals surface area contributed by atoms with Crippen molar-refractivity contribution in [3.05, 3.63) is 29.7 Å². The van der Waals surface area contributed by atoms with Crippen molar-refractivity contribution < 1.29 is 9.21 Å². The molecule has 1 aromatic rings. The Balaban J connectivity index is 1.91. The second-order valence-corrected chi connectivity index (χ2v) is 4.18. The molecule has 0 aliphatic heterocycles. The summed E-state index contributed by atoms with van der Waals surface area (Å²) in [5.41, 5.74) is 0. The maximum absolute atomic E-state index is 11.0. The van der Waals surface area contributed by atoms with E-state index in [4.69, 9.17) is 4.42 Å². The minimum atomic E-state index is 0.411. The maximum atomic E-state index is 11.0. The molecular weight excluding hydrogens is 188 g/mol. The highest BCUT2D eigenvalue weighted by Crippen LogP contribution is 2.23. The van der Waals surface area contributed by atoms with Crippen LogP contribution in [0.3, 0.4) is 0 Å². The molecule has 1 aromatic heterocycles. The molecule has 1 aliphatic carbocycles. The fourth-order valence-corrected chi connectivity index (χ4v) is 1.93. The van der Waals surface area contributed by atoms with Crippen LogP contribution in [-0.4, -0.2) is 5.78 Å². The molecule has 1 fully saturated rings. The van der Waals surface area contributed by atoms with Gasteiger partial charge in [-0.25, -0.2) is 0 Å². The first kappa shape index (κ1) is 10.2. The molecule has 2 heteroatoms. The van der Waals surface area contributed by atoms with Gasteiger partial charge in [0.1, 0.15) is 17.3 Å². The highest BCUT2D eigenvalue weighted by Gasteiger charge is 2.15. The van der Waals surface area contributed by atoms with E-state index in [1.807, 2.05) is 25.1 Å². The van der Waals surface area contributed by atoms with E-state index in [-0.39, 0.29) is 0 Å². The summed E-state index contributed by atoms with van der Waals surface area (Å²) in [5.74, 6) is 2.81. The van der Waals surface area contributed by atoms with Gasteiger partial charge in [-0.05, 0) is 43.9 Å². The van der Waals surface area contributed by atoms with Crippen LogP contribution in [0, 0.1) is 12.8 Å². The lowest BCUT2D eigenvalue weighted by Crippen LogP contribution is -2.11. The van der Waals surface area contributed by atoms with Crippen LogP contribution >= 0.6 is 0 Å². The maximum Gasteiger partial charge on any atom is 0.132 e. The highest BCUT2D eigenvalue weighted by molar-refractivity contribution is 5.79. The second-order valence-electron chi connectivity index (χ2n) is 4.18. The Morgan fingerprint density at radius 1 is 1.33 bits per heavy atom. The number of carbonyl (C=O) groups is 1. The Kier molecular flexibility index (Phi) is 3.05. The van der Waals surface area contributed by atoms with Crippen LogP contribution in [-0.2, 0) is 4.79 Å². The molecule has 15 heavy (non-hydrogen) atoms. The molecule has 2 rings (SSSR count). The van der Waals surface area contributed by atoms with E-state index < -0.39 is 0 Å². The predicted molar refractivity (Wildman–Crippen MR) is 59.4 cm³/mol. The number of hydrogen-bond acceptors (Lipinski definition) is 2. The molecule has 1 aliphatic rings. The Morgan fingerprint density at radius 2 is 2.07 bits per heavy atom. The summed E-state index contributed by atoms with van der Waals surface area (Å²) in [6.45, 7) is 1.94. The third kappa shape index (κ3) is 2.82. The van der Waals surface area contributed by atoms with Gasteiger partial charge >= 0.3 is 0 Å². The van der Waals surface area contributed by atoms with Crippen LogP contribution in [0.25, 0.3) is 6.08 Å². The Bertz CT molecular complexity index is 364. The molecular formula is C13H16O2. The number of carbonyl (C=O) groups excluding carboxylic acids is 1. The van der Waals surface area contributed by atoms with Crippen LogP contribution in [0.1, 0.15) is 37.2 Å². The molecule has 0 unspecified atom stereocenters. The van der Waals surface area contributed by atoms with E-state index in [2.05, 4.69) is 6.08 Å². The van der Waals surface area contributed by atoms with Crippen molar-refractivity contribution in [1.82, 2.24) is 0 Å². The summed E-state index contributed by atoms with van der Waals surface area (Å²) in [6.07, 6.45) is 7.67. The van der Waals surface area contributed by atoms with Gasteiger partial charge in [0.05, 0.1) is 0 Å². The molecule has 0 radical (unpaired) electrons. The number of ketones is 1. The first-order valence-electron chi connectivity index (χ1n) is 5.50. The summed E-state index contributed by atoms with van der Waals surface area (Å²) in [5, 5.41) is 0. The van der Waals surface area contributed by atoms with Crippen molar-refractivity contribution in [2.75, 3.05) is 0 Å². The Hall–Kier alpha value is -1.31. The van der Waals surface area contributed by atoms with Crippen LogP contribution in [0.5, 0.6) is 0 Å². The molecule has 1 heterocycles. The zero-order valence-corrected chi connectivity index (χ0v) is 9.03. The first-order chi connectivity index (χ1) is 7.24. The van der Waals surface area contributed by atoms with Crippen molar-refractivity contribution in [3.63, 3.8) is 0 Å². The zero-order valence-electron chi connectivity index (χ0n) is 9.03. The van der Waals surface area contributed by atoms with E-state index in [1.54, 1.807) is 0 Å². The SMILES string of the molecule is Cc1ccc(/C=C/C2CCC(=O)CC2)o1. The van der Waals surface area contributed by atoms with Gasteiger partial charge in [0.15, 0.2) is 0 Å². The van der Waals surface area contributed by atoms with Gasteiger partial charge < -0.3 is 4.42 Å². The molecule has 0 aromatic carbocycles. The van der Waals surface area contributed by atoms with Gasteiger partial charge in [0.25, 0.3) is 0 Å². The smallest absolute Gasteiger partial charge is 0.132 e. The highest BCUT2D eigenvalue weighted by atomic mass is 16.3. The number of allylic oxidation sites excluding steroid dienone is 1. The third-order valence-electron chi connectivity index (χ3n) is 2.88. The average Bonchev–Trinajstić information content (AvgIpc) is 2.64. The summed E-state index contributed by atoms with van der Waals surface area (Å²) >= 11 is 0. The molecule has 0 bridgehead atoms. The van der Waals surface area contributed by atoms with Crippen LogP contribution in [0.4, 0.5) is 0 Å². The summed E-state index contributed by atoms with van der Waals surface area (Å²) in [6, 6.07) is 3.93. The lowest BCUT2D eigenvalue weighted by atomic mass is 9.88. The van der Waals surface area contributed by atoms with Crippen molar-refractivity contribution in [1.29, 1.82) is 0 Å². The third-order valence-corrected chi connectivity index (χ3v) is 2.88. The van der Waals surface area contributed by atoms with Crippen LogP contribution < -0.4 is 0 Å². The minimum absolute atomic E-state index is 0.411. The number of furan rings is 1. The summed E-state index contributed by atoms with van der Waals surface area (Å²) < 4.78 is 5.44. The molecule has 0 amide bonds. The van der Waals surface area contributed by atoms with E-state index in [0.29, 0.717) is 11.7 Å². The second kappa shape index (κ2) is 4.47. The minimum Gasteiger partial charge on any atom is -0.462 e. The summed E-state index contributed by atoms with van der Waals surface area (Å²) in [7, 11) is 0. The number of rotatable bonds is 2. The van der Waals surface area contributed by atoms with Gasteiger partial charge in [-0.3, -0.25) is 4.79 Å². The lowest BCUT2D eigenvalue weighted by molar-refractivity contribution is -0.120. The average molecular weight is 204 g/mol. The largest absolute Gasteiger partial charge is 0.462 e. The molecule has 1 saturated carbocycles. The fourth-order valence-electron chi connectivity index (χ4n) is 1.93. The Labute approximate surface area is 90.0 Å². The number of hydrogen-bond donors (Lipinski definition) is 0. The number of Topliss-reactive ketones (excluding diaryl/α,β-unsaturated/α-hetero) is 1. The molecule has 0 spiro atoms. The van der Waals surface area contributed by atoms with E-state index in [1.165, 1.54) is 0 Å². The molecule has 2 nitrogen and oxygen atoms in total. The standard InChI is InChI=1S/C13H16O2/c1-10-2-8-13(15-10)9-5-11-3-6-12(14)7-4-11/h2,5,8-9,11H,3-4,6-7H2,1H3/b9-5+. The van der Waals surface area contributed by atoms with Gasteiger partial charge in [-0.15, -0.1) is 0 Å². The van der Waals surface area contributed by atoms with E-state index in [9.17, 15) is 4.79 Å². The van der Waals surface area contributed by atoms with Gasteiger partial charge in [0.2, 0.25) is 0 Å². The normalized spacial score (nSPS) is 18.9. The van der Waals surface area contributed by atoms with Crippen LogP contribution in [0.15, 0.2) is 22.6 Å². The zero-order chi connectivity index (χ0) is 10.7. The molecule has 80 valence electrons. The van der Waals surface area contributed by atoms with Gasteiger partial charge in [-0.2, -0.15) is 0 Å². The summed E-state index contributed by atoms with van der Waals surface area (Å²) in [4.78, 5) is 11.0. The van der Waals surface area contributed by atoms with Crippen molar-refractivity contribution >= 4 is 11.9 Å². The van der Waals surface area contributed by atoms with Gasteiger partial charge in [-0.1, -0.05) is 6.08 Å². The van der Waals surface area contributed by atoms with Crippen molar-refractivity contribution in [2.24, 2.45) is 5.92 Å². The van der Waals surface area contributed by atoms with Crippen molar-refractivity contribution in [3.8, 4) is 0 Å². The van der Waals surface area contributed by atoms with Crippen molar-refractivity contribution in [2.45, 2.75) is 32.6 Å². The number of aryl methyl sites for hydroxylation is 1. The first-order valence-corrected chi connectivity index (χ1v) is 5.50. The Morgan fingerprint density at radius 3 is 2.67 bits per heavy atom. The van der Waals surface area contributed by atoms with Crippen LogP contribution in [0.2, 0.25) is 0 Å². The fraction of sp³-hybridized carbons (Fsp3) is 0.462. The van der Waals surface area contributed by atoms with Gasteiger partial charge in [0, 0.05) is 12.8 Å². The molecule has 0 atom stereocenters. The molecule has 0 N–H and O–H groups in total.